The van der Waals surface area contributed by atoms with Crippen molar-refractivity contribution in [1.82, 2.24) is 14.9 Å². The molecule has 110 valence electrons. The molecule has 21 heavy (non-hydrogen) atoms. The highest BCUT2D eigenvalue weighted by Gasteiger charge is 2.31. The van der Waals surface area contributed by atoms with Crippen LogP contribution in [-0.2, 0) is 0 Å². The molecule has 3 rings (SSSR count). The van der Waals surface area contributed by atoms with E-state index in [9.17, 15) is 4.79 Å². The van der Waals surface area contributed by atoms with Crippen molar-refractivity contribution in [3.05, 3.63) is 46.7 Å². The number of likely N-dealkylation sites (tertiary alicyclic amines) is 1. The molecule has 3 heterocycles. The third-order valence-electron chi connectivity index (χ3n) is 4.12. The molecule has 0 aliphatic carbocycles. The summed E-state index contributed by atoms with van der Waals surface area (Å²) in [6, 6.07) is 4.07. The van der Waals surface area contributed by atoms with Crippen molar-refractivity contribution in [3.63, 3.8) is 0 Å². The number of piperidine rings is 1. The Kier molecular flexibility index (Phi) is 4.15. The number of hydrogen-bond donors (Lipinski definition) is 1. The van der Waals surface area contributed by atoms with Gasteiger partial charge in [-0.1, -0.05) is 0 Å². The molecule has 1 fully saturated rings. The fourth-order valence-corrected chi connectivity index (χ4v) is 3.65. The van der Waals surface area contributed by atoms with Crippen LogP contribution >= 0.6 is 11.3 Å². The van der Waals surface area contributed by atoms with Crippen LogP contribution < -0.4 is 0 Å². The van der Waals surface area contributed by atoms with Crippen LogP contribution in [0, 0.1) is 5.92 Å². The summed E-state index contributed by atoms with van der Waals surface area (Å²) in [7, 11) is 0. The minimum atomic E-state index is -0.817. The van der Waals surface area contributed by atoms with Gasteiger partial charge in [-0.3, -0.25) is 4.98 Å². The van der Waals surface area contributed by atoms with E-state index in [0.29, 0.717) is 19.0 Å². The van der Waals surface area contributed by atoms with E-state index >= 15 is 0 Å². The first-order chi connectivity index (χ1) is 10.3. The summed E-state index contributed by atoms with van der Waals surface area (Å²) in [6.07, 6.45) is 4.54. The first-order valence-electron chi connectivity index (χ1n) is 7.01. The van der Waals surface area contributed by atoms with Gasteiger partial charge in [-0.15, -0.1) is 11.3 Å². The van der Waals surface area contributed by atoms with Gasteiger partial charge in [0.25, 0.3) is 0 Å². The number of rotatable bonds is 3. The van der Waals surface area contributed by atoms with Crippen LogP contribution in [0.25, 0.3) is 0 Å². The Bertz CT molecular complexity index is 580. The topological polar surface area (TPSA) is 66.3 Å². The van der Waals surface area contributed by atoms with Gasteiger partial charge in [-0.05, 0) is 36.5 Å². The zero-order chi connectivity index (χ0) is 14.7. The predicted octanol–water partition coefficient (Wildman–Crippen LogP) is 3.06. The predicted molar refractivity (Wildman–Crippen MR) is 80.5 cm³/mol. The number of thiazole rings is 1. The van der Waals surface area contributed by atoms with Gasteiger partial charge in [-0.2, -0.15) is 0 Å². The SMILES string of the molecule is O=C(O)N1CCC(C(c2ccncc2)c2cscn2)CC1. The summed E-state index contributed by atoms with van der Waals surface area (Å²) in [5, 5.41) is 11.2. The molecule has 1 N–H and O–H groups in total. The van der Waals surface area contributed by atoms with E-state index in [2.05, 4.69) is 15.3 Å². The van der Waals surface area contributed by atoms with Gasteiger partial charge in [0.1, 0.15) is 0 Å². The highest BCUT2D eigenvalue weighted by molar-refractivity contribution is 7.07. The number of hydrogen-bond acceptors (Lipinski definition) is 4. The van der Waals surface area contributed by atoms with Gasteiger partial charge >= 0.3 is 6.09 Å². The summed E-state index contributed by atoms with van der Waals surface area (Å²) in [5.74, 6) is 0.653. The quantitative estimate of drug-likeness (QED) is 0.946. The molecule has 0 saturated carbocycles. The van der Waals surface area contributed by atoms with Crippen molar-refractivity contribution in [2.24, 2.45) is 5.92 Å². The van der Waals surface area contributed by atoms with Gasteiger partial charge < -0.3 is 10.0 Å². The highest BCUT2D eigenvalue weighted by atomic mass is 32.1. The van der Waals surface area contributed by atoms with Crippen molar-refractivity contribution < 1.29 is 9.90 Å². The van der Waals surface area contributed by atoms with E-state index in [1.54, 1.807) is 23.7 Å². The van der Waals surface area contributed by atoms with Gasteiger partial charge in [0.15, 0.2) is 0 Å². The van der Waals surface area contributed by atoms with Crippen molar-refractivity contribution in [2.75, 3.05) is 13.1 Å². The lowest BCUT2D eigenvalue weighted by molar-refractivity contribution is 0.122. The standard InChI is InChI=1S/C15H17N3O2S/c19-15(20)18-7-3-12(4-8-18)14(13-9-21-10-17-13)11-1-5-16-6-2-11/h1-2,5-6,9-10,12,14H,3-4,7-8H2,(H,19,20). The Morgan fingerprint density at radius 1 is 1.33 bits per heavy atom. The zero-order valence-corrected chi connectivity index (χ0v) is 12.4. The van der Waals surface area contributed by atoms with Gasteiger partial charge in [-0.25, -0.2) is 9.78 Å². The average Bonchev–Trinajstić information content (AvgIpc) is 3.03. The molecule has 1 amide bonds. The maximum atomic E-state index is 11.0. The zero-order valence-electron chi connectivity index (χ0n) is 11.6. The fourth-order valence-electron chi connectivity index (χ4n) is 3.05. The van der Waals surface area contributed by atoms with E-state index in [1.165, 1.54) is 10.5 Å². The molecule has 1 aliphatic heterocycles. The summed E-state index contributed by atoms with van der Waals surface area (Å²) in [6.45, 7) is 1.21. The van der Waals surface area contributed by atoms with Crippen LogP contribution in [0.1, 0.15) is 30.0 Å². The molecule has 2 aromatic heterocycles. The number of carboxylic acid groups (broad SMARTS) is 1. The van der Waals surface area contributed by atoms with Crippen LogP contribution in [0.5, 0.6) is 0 Å². The lowest BCUT2D eigenvalue weighted by atomic mass is 9.79. The van der Waals surface area contributed by atoms with Gasteiger partial charge in [0.2, 0.25) is 0 Å². The summed E-state index contributed by atoms with van der Waals surface area (Å²) < 4.78 is 0. The number of nitrogens with zero attached hydrogens (tertiary/aromatic N) is 3. The van der Waals surface area contributed by atoms with E-state index in [1.807, 2.05) is 17.6 Å². The molecule has 1 aliphatic rings. The lowest BCUT2D eigenvalue weighted by Gasteiger charge is -2.34. The third-order valence-corrected chi connectivity index (χ3v) is 4.72. The molecule has 0 spiro atoms. The van der Waals surface area contributed by atoms with Crippen LogP contribution in [0.3, 0.4) is 0 Å². The third kappa shape index (κ3) is 3.05. The largest absolute Gasteiger partial charge is 0.465 e. The summed E-state index contributed by atoms with van der Waals surface area (Å²) in [4.78, 5) is 21.1. The minimum absolute atomic E-state index is 0.232. The molecule has 1 saturated heterocycles. The van der Waals surface area contributed by atoms with Crippen LogP contribution in [0.4, 0.5) is 4.79 Å². The number of carbonyl (C=O) groups is 1. The second kappa shape index (κ2) is 6.22. The van der Waals surface area contributed by atoms with E-state index in [0.717, 1.165) is 18.5 Å². The van der Waals surface area contributed by atoms with Crippen LogP contribution in [0.15, 0.2) is 35.4 Å². The Balaban J connectivity index is 1.83. The minimum Gasteiger partial charge on any atom is -0.465 e. The van der Waals surface area contributed by atoms with Gasteiger partial charge in [0.05, 0.1) is 11.2 Å². The second-order valence-electron chi connectivity index (χ2n) is 5.28. The molecule has 0 radical (unpaired) electrons. The van der Waals surface area contributed by atoms with E-state index in [4.69, 9.17) is 5.11 Å². The monoisotopic (exact) mass is 303 g/mol. The Morgan fingerprint density at radius 3 is 2.62 bits per heavy atom. The molecule has 0 aromatic carbocycles. The Hall–Kier alpha value is -1.95. The summed E-state index contributed by atoms with van der Waals surface area (Å²) in [5.41, 5.74) is 4.15. The van der Waals surface area contributed by atoms with Crippen molar-refractivity contribution in [1.29, 1.82) is 0 Å². The highest BCUT2D eigenvalue weighted by Crippen LogP contribution is 2.37. The van der Waals surface area contributed by atoms with Crippen molar-refractivity contribution in [3.8, 4) is 0 Å². The van der Waals surface area contributed by atoms with Crippen molar-refractivity contribution >= 4 is 17.4 Å². The molecule has 5 nitrogen and oxygen atoms in total. The molecular weight excluding hydrogens is 286 g/mol. The molecule has 1 unspecified atom stereocenters. The first kappa shape index (κ1) is 14.0. The maximum Gasteiger partial charge on any atom is 0.407 e. The molecular formula is C15H17N3O2S. The Labute approximate surface area is 127 Å². The second-order valence-corrected chi connectivity index (χ2v) is 6.00. The van der Waals surface area contributed by atoms with Gasteiger partial charge in [0, 0.05) is 36.8 Å². The van der Waals surface area contributed by atoms with Crippen LogP contribution in [0.2, 0.25) is 0 Å². The fraction of sp³-hybridized carbons (Fsp3) is 0.400. The molecule has 6 heteroatoms. The number of pyridine rings is 1. The Morgan fingerprint density at radius 2 is 2.05 bits per heavy atom. The summed E-state index contributed by atoms with van der Waals surface area (Å²) >= 11 is 1.60. The van der Waals surface area contributed by atoms with Crippen LogP contribution in [-0.4, -0.2) is 39.2 Å². The van der Waals surface area contributed by atoms with E-state index < -0.39 is 6.09 Å². The smallest absolute Gasteiger partial charge is 0.407 e. The van der Waals surface area contributed by atoms with Crippen molar-refractivity contribution in [2.45, 2.75) is 18.8 Å². The number of amides is 1. The lowest BCUT2D eigenvalue weighted by Crippen LogP contribution is -2.39. The normalized spacial score (nSPS) is 17.6. The molecule has 2 aromatic rings. The maximum absolute atomic E-state index is 11.0. The van der Waals surface area contributed by atoms with E-state index in [-0.39, 0.29) is 5.92 Å². The molecule has 0 bridgehead atoms. The number of aromatic nitrogens is 2. The molecule has 1 atom stereocenters. The first-order valence-corrected chi connectivity index (χ1v) is 7.96. The average molecular weight is 303 g/mol.